The van der Waals surface area contributed by atoms with Crippen LogP contribution in [0.5, 0.6) is 0 Å². The molecule has 0 saturated heterocycles. The zero-order valence-electron chi connectivity index (χ0n) is 16.7. The van der Waals surface area contributed by atoms with Crippen LogP contribution in [-0.4, -0.2) is 29.5 Å². The minimum atomic E-state index is -0.152. The first-order valence-corrected chi connectivity index (χ1v) is 10.2. The Kier molecular flexibility index (Phi) is 12.6. The van der Waals surface area contributed by atoms with Crippen LogP contribution in [-0.2, 0) is 6.42 Å². The molecule has 158 valence electrons. The predicted molar refractivity (Wildman–Crippen MR) is 123 cm³/mol. The number of amides is 1. The van der Waals surface area contributed by atoms with Gasteiger partial charge in [-0.15, -0.1) is 36.2 Å². The number of carbonyl (C=O) groups excluding carboxylic acids is 1. The Hall–Kier alpha value is -1.18. The summed E-state index contributed by atoms with van der Waals surface area (Å²) in [5.74, 6) is -0.120. The lowest BCUT2D eigenvalue weighted by molar-refractivity contribution is 0.0929. The second kappa shape index (κ2) is 13.1. The lowest BCUT2D eigenvalue weighted by Crippen LogP contribution is -2.53. The van der Waals surface area contributed by atoms with Gasteiger partial charge in [0.15, 0.2) is 0 Å². The Morgan fingerprint density at radius 2 is 1.86 bits per heavy atom. The molecule has 0 aliphatic rings. The average Bonchev–Trinajstić information content (AvgIpc) is 3.14. The molecule has 0 aliphatic heterocycles. The minimum Gasteiger partial charge on any atom is -0.349 e. The average molecular weight is 447 g/mol. The number of hydrogen-bond donors (Lipinski definition) is 3. The highest BCUT2D eigenvalue weighted by Crippen LogP contribution is 2.21. The maximum atomic E-state index is 12.5. The molecule has 1 aromatic carbocycles. The lowest BCUT2D eigenvalue weighted by atomic mass is 9.90. The molecule has 0 fully saturated rings. The second-order valence-corrected chi connectivity index (χ2v) is 7.55. The number of aromatic nitrogens is 1. The maximum Gasteiger partial charge on any atom is 0.270 e. The van der Waals surface area contributed by atoms with Crippen LogP contribution in [0.25, 0.3) is 0 Å². The molecule has 0 aliphatic carbocycles. The van der Waals surface area contributed by atoms with Gasteiger partial charge in [-0.05, 0) is 31.9 Å². The zero-order valence-corrected chi connectivity index (χ0v) is 19.2. The van der Waals surface area contributed by atoms with Crippen LogP contribution < -0.4 is 16.4 Å². The SMILES string of the molecule is CCC(CC)(CNC(=O)c1csc(CCN)n1)NC(C)c1ccccc1.Cl.Cl. The van der Waals surface area contributed by atoms with Gasteiger partial charge in [-0.1, -0.05) is 44.2 Å². The summed E-state index contributed by atoms with van der Waals surface area (Å²) in [5.41, 5.74) is 7.13. The van der Waals surface area contributed by atoms with Crippen molar-refractivity contribution in [3.05, 3.63) is 52.0 Å². The molecule has 1 amide bonds. The predicted octanol–water partition coefficient (Wildman–Crippen LogP) is 4.13. The summed E-state index contributed by atoms with van der Waals surface area (Å²) < 4.78 is 0. The summed E-state index contributed by atoms with van der Waals surface area (Å²) in [6, 6.07) is 10.6. The topological polar surface area (TPSA) is 80.0 Å². The van der Waals surface area contributed by atoms with Gasteiger partial charge < -0.3 is 16.4 Å². The molecule has 0 spiro atoms. The van der Waals surface area contributed by atoms with Gasteiger partial charge >= 0.3 is 0 Å². The fourth-order valence-corrected chi connectivity index (χ4v) is 3.83. The van der Waals surface area contributed by atoms with E-state index in [1.54, 1.807) is 5.38 Å². The third-order valence-corrected chi connectivity index (χ3v) is 5.81. The summed E-state index contributed by atoms with van der Waals surface area (Å²) in [6.45, 7) is 7.59. The quantitative estimate of drug-likeness (QED) is 0.512. The number of thiazole rings is 1. The van der Waals surface area contributed by atoms with Gasteiger partial charge in [0.1, 0.15) is 5.69 Å². The van der Waals surface area contributed by atoms with Gasteiger partial charge in [0, 0.05) is 29.9 Å². The number of hydrogen-bond acceptors (Lipinski definition) is 5. The maximum absolute atomic E-state index is 12.5. The third kappa shape index (κ3) is 7.33. The van der Waals surface area contributed by atoms with Crippen LogP contribution in [0, 0.1) is 0 Å². The molecule has 4 N–H and O–H groups in total. The van der Waals surface area contributed by atoms with Gasteiger partial charge in [-0.2, -0.15) is 0 Å². The van der Waals surface area contributed by atoms with Gasteiger partial charge in [-0.3, -0.25) is 4.79 Å². The first-order valence-electron chi connectivity index (χ1n) is 9.29. The first-order chi connectivity index (χ1) is 12.5. The lowest BCUT2D eigenvalue weighted by Gasteiger charge is -2.36. The Morgan fingerprint density at radius 1 is 1.21 bits per heavy atom. The van der Waals surface area contributed by atoms with Gasteiger partial charge in [-0.25, -0.2) is 4.98 Å². The molecule has 2 rings (SSSR count). The van der Waals surface area contributed by atoms with E-state index in [2.05, 4.69) is 60.7 Å². The van der Waals surface area contributed by atoms with Crippen LogP contribution in [0.3, 0.4) is 0 Å². The number of nitrogens with two attached hydrogens (primary N) is 1. The molecule has 0 saturated carbocycles. The van der Waals surface area contributed by atoms with Gasteiger partial charge in [0.25, 0.3) is 5.91 Å². The van der Waals surface area contributed by atoms with E-state index in [4.69, 9.17) is 5.73 Å². The molecule has 8 heteroatoms. The fraction of sp³-hybridized carbons (Fsp3) is 0.500. The number of nitrogens with one attached hydrogen (secondary N) is 2. The fourth-order valence-electron chi connectivity index (χ4n) is 3.03. The van der Waals surface area contributed by atoms with E-state index in [9.17, 15) is 4.79 Å². The third-order valence-electron chi connectivity index (χ3n) is 4.91. The zero-order chi connectivity index (χ0) is 19.0. The number of rotatable bonds is 10. The number of carbonyl (C=O) groups is 1. The Labute approximate surface area is 184 Å². The number of benzene rings is 1. The van der Waals surface area contributed by atoms with Crippen molar-refractivity contribution in [2.45, 2.75) is 51.6 Å². The van der Waals surface area contributed by atoms with Crippen LogP contribution in [0.15, 0.2) is 35.7 Å². The van der Waals surface area contributed by atoms with Crippen molar-refractivity contribution in [1.29, 1.82) is 0 Å². The van der Waals surface area contributed by atoms with Gasteiger partial charge in [0.05, 0.1) is 5.01 Å². The Balaban J connectivity index is 0.00000364. The van der Waals surface area contributed by atoms with Gasteiger partial charge in [0.2, 0.25) is 0 Å². The Morgan fingerprint density at radius 3 is 2.43 bits per heavy atom. The number of nitrogens with zero attached hydrogens (tertiary/aromatic N) is 1. The molecule has 1 heterocycles. The van der Waals surface area contributed by atoms with E-state index >= 15 is 0 Å². The molecule has 5 nitrogen and oxygen atoms in total. The summed E-state index contributed by atoms with van der Waals surface area (Å²) in [4.78, 5) is 16.8. The molecule has 0 radical (unpaired) electrons. The largest absolute Gasteiger partial charge is 0.349 e. The van der Waals surface area contributed by atoms with E-state index in [1.165, 1.54) is 16.9 Å². The van der Waals surface area contributed by atoms with Crippen molar-refractivity contribution < 1.29 is 4.79 Å². The molecule has 1 aromatic heterocycles. The standard InChI is InChI=1S/C20H30N4OS.2ClH/c1-4-20(5-2,24-15(3)16-9-7-6-8-10-16)14-22-19(25)17-13-26-18(23-17)11-12-21;;/h6-10,13,15,24H,4-5,11-12,14,21H2,1-3H3,(H,22,25);2*1H. The van der Waals surface area contributed by atoms with E-state index in [0.29, 0.717) is 25.2 Å². The van der Waals surface area contributed by atoms with Crippen molar-refractivity contribution >= 4 is 42.1 Å². The van der Waals surface area contributed by atoms with E-state index in [-0.39, 0.29) is 42.3 Å². The molecule has 1 atom stereocenters. The first kappa shape index (κ1) is 26.8. The molecule has 0 bridgehead atoms. The summed E-state index contributed by atoms with van der Waals surface area (Å²) in [6.07, 6.45) is 2.56. The minimum absolute atomic E-state index is 0. The smallest absolute Gasteiger partial charge is 0.270 e. The van der Waals surface area contributed by atoms with Crippen LogP contribution >= 0.6 is 36.2 Å². The molecule has 28 heavy (non-hydrogen) atoms. The molecular weight excluding hydrogens is 415 g/mol. The second-order valence-electron chi connectivity index (χ2n) is 6.61. The molecule has 1 unspecified atom stereocenters. The highest BCUT2D eigenvalue weighted by Gasteiger charge is 2.29. The van der Waals surface area contributed by atoms with Crippen molar-refractivity contribution in [3.8, 4) is 0 Å². The molecular formula is C20H32Cl2N4OS. The summed E-state index contributed by atoms with van der Waals surface area (Å²) >= 11 is 1.49. The monoisotopic (exact) mass is 446 g/mol. The van der Waals surface area contributed by atoms with E-state index in [0.717, 1.165) is 17.8 Å². The van der Waals surface area contributed by atoms with E-state index in [1.807, 2.05) is 6.07 Å². The Bertz CT molecular complexity index is 693. The highest BCUT2D eigenvalue weighted by atomic mass is 35.5. The van der Waals surface area contributed by atoms with Crippen molar-refractivity contribution in [2.24, 2.45) is 5.73 Å². The molecule has 2 aromatic rings. The highest BCUT2D eigenvalue weighted by molar-refractivity contribution is 7.09. The number of halogens is 2. The summed E-state index contributed by atoms with van der Waals surface area (Å²) in [7, 11) is 0. The van der Waals surface area contributed by atoms with Crippen molar-refractivity contribution in [3.63, 3.8) is 0 Å². The van der Waals surface area contributed by atoms with Crippen molar-refractivity contribution in [2.75, 3.05) is 13.1 Å². The van der Waals surface area contributed by atoms with Crippen molar-refractivity contribution in [1.82, 2.24) is 15.6 Å². The van der Waals surface area contributed by atoms with Crippen LogP contribution in [0.2, 0.25) is 0 Å². The van der Waals surface area contributed by atoms with E-state index < -0.39 is 0 Å². The summed E-state index contributed by atoms with van der Waals surface area (Å²) in [5, 5.41) is 9.51. The van der Waals surface area contributed by atoms with Crippen LogP contribution in [0.4, 0.5) is 0 Å². The normalized spacial score (nSPS) is 11.9. The van der Waals surface area contributed by atoms with Crippen LogP contribution in [0.1, 0.15) is 60.7 Å².